The van der Waals surface area contributed by atoms with Crippen LogP contribution in [0.25, 0.3) is 0 Å². The molecule has 0 aliphatic carbocycles. The smallest absolute Gasteiger partial charge is 0.271 e. The van der Waals surface area contributed by atoms with Gasteiger partial charge in [0, 0.05) is 23.8 Å². The minimum atomic E-state index is -0.257. The van der Waals surface area contributed by atoms with Gasteiger partial charge in [0.25, 0.3) is 5.91 Å². The zero-order valence-electron chi connectivity index (χ0n) is 14.6. The van der Waals surface area contributed by atoms with Gasteiger partial charge < -0.3 is 4.74 Å². The lowest BCUT2D eigenvalue weighted by Crippen LogP contribution is -2.20. The number of ether oxygens (including phenoxy) is 1. The van der Waals surface area contributed by atoms with Crippen LogP contribution < -0.4 is 5.43 Å². The number of hydrogen-bond acceptors (Lipinski definition) is 3. The van der Waals surface area contributed by atoms with Gasteiger partial charge >= 0.3 is 0 Å². The number of amides is 1. The fraction of sp³-hybridized carbons (Fsp3) is 0.0909. The Labute approximate surface area is 153 Å². The van der Waals surface area contributed by atoms with E-state index in [2.05, 4.69) is 10.5 Å². The molecule has 0 radical (unpaired) electrons. The Balaban J connectivity index is 1.87. The molecule has 4 heteroatoms. The summed E-state index contributed by atoms with van der Waals surface area (Å²) in [5, 5.41) is 4.40. The molecule has 0 heterocycles. The molecular formula is C22H20N2O2. The molecule has 130 valence electrons. The van der Waals surface area contributed by atoms with E-state index < -0.39 is 0 Å². The van der Waals surface area contributed by atoms with Crippen LogP contribution in [0.2, 0.25) is 0 Å². The summed E-state index contributed by atoms with van der Waals surface area (Å²) < 4.78 is 5.12. The number of benzene rings is 3. The summed E-state index contributed by atoms with van der Waals surface area (Å²) in [7, 11) is 1.63. The second-order valence-corrected chi connectivity index (χ2v) is 5.77. The molecule has 4 nitrogen and oxygen atoms in total. The second kappa shape index (κ2) is 8.74. The van der Waals surface area contributed by atoms with E-state index >= 15 is 0 Å². The van der Waals surface area contributed by atoms with E-state index in [1.54, 1.807) is 19.2 Å². The van der Waals surface area contributed by atoms with Gasteiger partial charge in [0.15, 0.2) is 0 Å². The molecule has 0 aliphatic heterocycles. The number of carbonyl (C=O) groups excluding carboxylic acids is 1. The lowest BCUT2D eigenvalue weighted by molar-refractivity contribution is 0.0954. The summed E-state index contributed by atoms with van der Waals surface area (Å²) in [5.41, 5.74) is 6.75. The molecule has 0 atom stereocenters. The van der Waals surface area contributed by atoms with Crippen LogP contribution in [0.5, 0.6) is 0 Å². The molecule has 0 saturated carbocycles. The van der Waals surface area contributed by atoms with Crippen molar-refractivity contribution >= 4 is 11.6 Å². The molecule has 3 aromatic carbocycles. The highest BCUT2D eigenvalue weighted by Crippen LogP contribution is 2.11. The van der Waals surface area contributed by atoms with Crippen molar-refractivity contribution in [3.05, 3.63) is 107 Å². The second-order valence-electron chi connectivity index (χ2n) is 5.77. The van der Waals surface area contributed by atoms with Gasteiger partial charge in [-0.3, -0.25) is 4.79 Å². The first kappa shape index (κ1) is 17.6. The first-order chi connectivity index (χ1) is 12.8. The fourth-order valence-electron chi connectivity index (χ4n) is 2.63. The number of rotatable bonds is 6. The van der Waals surface area contributed by atoms with Crippen LogP contribution in [0, 0.1) is 0 Å². The first-order valence-corrected chi connectivity index (χ1v) is 8.34. The van der Waals surface area contributed by atoms with Gasteiger partial charge in [-0.15, -0.1) is 0 Å². The fourth-order valence-corrected chi connectivity index (χ4v) is 2.63. The van der Waals surface area contributed by atoms with Gasteiger partial charge in [-0.2, -0.15) is 5.10 Å². The zero-order valence-corrected chi connectivity index (χ0v) is 14.6. The van der Waals surface area contributed by atoms with E-state index in [9.17, 15) is 4.79 Å². The summed E-state index contributed by atoms with van der Waals surface area (Å²) in [4.78, 5) is 12.5. The van der Waals surface area contributed by atoms with Crippen LogP contribution in [0.4, 0.5) is 0 Å². The Morgan fingerprint density at radius 3 is 2.00 bits per heavy atom. The van der Waals surface area contributed by atoms with Crippen molar-refractivity contribution in [2.75, 3.05) is 7.11 Å². The van der Waals surface area contributed by atoms with Crippen molar-refractivity contribution in [2.45, 2.75) is 6.61 Å². The number of carbonyl (C=O) groups is 1. The molecule has 0 spiro atoms. The molecule has 26 heavy (non-hydrogen) atoms. The normalized spacial score (nSPS) is 10.2. The van der Waals surface area contributed by atoms with Gasteiger partial charge in [-0.1, -0.05) is 72.8 Å². The van der Waals surface area contributed by atoms with Crippen LogP contribution >= 0.6 is 0 Å². The highest BCUT2D eigenvalue weighted by molar-refractivity contribution is 6.13. The molecule has 0 aliphatic rings. The maximum absolute atomic E-state index is 12.5. The number of methoxy groups -OCH3 is 1. The minimum absolute atomic E-state index is 0.257. The van der Waals surface area contributed by atoms with E-state index in [0.717, 1.165) is 16.7 Å². The van der Waals surface area contributed by atoms with Crippen molar-refractivity contribution in [2.24, 2.45) is 5.10 Å². The summed E-state index contributed by atoms with van der Waals surface area (Å²) in [6, 6.07) is 26.9. The molecule has 0 aromatic heterocycles. The van der Waals surface area contributed by atoms with Crippen LogP contribution in [-0.4, -0.2) is 18.7 Å². The number of hydrazone groups is 1. The predicted molar refractivity (Wildman–Crippen MR) is 103 cm³/mol. The van der Waals surface area contributed by atoms with E-state index in [1.165, 1.54) is 0 Å². The predicted octanol–water partition coefficient (Wildman–Crippen LogP) is 4.02. The third kappa shape index (κ3) is 4.43. The summed E-state index contributed by atoms with van der Waals surface area (Å²) >= 11 is 0. The van der Waals surface area contributed by atoms with E-state index in [4.69, 9.17) is 4.74 Å². The average molecular weight is 344 g/mol. The Hall–Kier alpha value is -3.24. The van der Waals surface area contributed by atoms with Crippen molar-refractivity contribution in [3.8, 4) is 0 Å². The monoisotopic (exact) mass is 344 g/mol. The Bertz CT molecular complexity index is 849. The third-order valence-corrected chi connectivity index (χ3v) is 3.86. The molecule has 0 bridgehead atoms. The minimum Gasteiger partial charge on any atom is -0.380 e. The van der Waals surface area contributed by atoms with Crippen LogP contribution in [0.1, 0.15) is 27.0 Å². The topological polar surface area (TPSA) is 50.7 Å². The Kier molecular flexibility index (Phi) is 5.91. The molecule has 1 N–H and O–H groups in total. The van der Waals surface area contributed by atoms with Crippen molar-refractivity contribution in [1.82, 2.24) is 5.43 Å². The Morgan fingerprint density at radius 1 is 0.846 bits per heavy atom. The maximum atomic E-state index is 12.5. The largest absolute Gasteiger partial charge is 0.380 e. The van der Waals surface area contributed by atoms with E-state index in [0.29, 0.717) is 17.9 Å². The SMILES string of the molecule is COCc1cccc(C(=O)NN=C(c2ccccc2)c2ccccc2)c1. The quantitative estimate of drug-likeness (QED) is 0.542. The third-order valence-electron chi connectivity index (χ3n) is 3.86. The summed E-state index contributed by atoms with van der Waals surface area (Å²) in [5.74, 6) is -0.257. The molecule has 3 rings (SSSR count). The Morgan fingerprint density at radius 2 is 1.42 bits per heavy atom. The van der Waals surface area contributed by atoms with Gasteiger partial charge in [0.1, 0.15) is 0 Å². The lowest BCUT2D eigenvalue weighted by Gasteiger charge is -2.08. The van der Waals surface area contributed by atoms with Crippen molar-refractivity contribution in [1.29, 1.82) is 0 Å². The zero-order chi connectivity index (χ0) is 18.2. The molecule has 1 amide bonds. The van der Waals surface area contributed by atoms with Gasteiger partial charge in [-0.25, -0.2) is 5.43 Å². The van der Waals surface area contributed by atoms with Gasteiger partial charge in [0.05, 0.1) is 12.3 Å². The van der Waals surface area contributed by atoms with Crippen LogP contribution in [0.15, 0.2) is 90.0 Å². The molecule has 0 fully saturated rings. The summed E-state index contributed by atoms with van der Waals surface area (Å²) in [6.07, 6.45) is 0. The maximum Gasteiger partial charge on any atom is 0.271 e. The highest BCUT2D eigenvalue weighted by atomic mass is 16.5. The molecule has 0 unspecified atom stereocenters. The van der Waals surface area contributed by atoms with Gasteiger partial charge in [-0.05, 0) is 17.7 Å². The van der Waals surface area contributed by atoms with E-state index in [1.807, 2.05) is 72.8 Å². The van der Waals surface area contributed by atoms with E-state index in [-0.39, 0.29) is 5.91 Å². The number of hydrogen-bond donors (Lipinski definition) is 1. The molecule has 0 saturated heterocycles. The standard InChI is InChI=1S/C22H20N2O2/c1-26-16-17-9-8-14-20(15-17)22(25)24-23-21(18-10-4-2-5-11-18)19-12-6-3-7-13-19/h2-15H,16H2,1H3,(H,24,25). The van der Waals surface area contributed by atoms with Crippen LogP contribution in [-0.2, 0) is 11.3 Å². The number of nitrogens with zero attached hydrogens (tertiary/aromatic N) is 1. The first-order valence-electron chi connectivity index (χ1n) is 8.34. The molecular weight excluding hydrogens is 324 g/mol. The van der Waals surface area contributed by atoms with Crippen molar-refractivity contribution in [3.63, 3.8) is 0 Å². The number of nitrogens with one attached hydrogen (secondary N) is 1. The van der Waals surface area contributed by atoms with Crippen molar-refractivity contribution < 1.29 is 9.53 Å². The summed E-state index contributed by atoms with van der Waals surface area (Å²) in [6.45, 7) is 0.462. The van der Waals surface area contributed by atoms with Crippen LogP contribution in [0.3, 0.4) is 0 Å². The molecule has 3 aromatic rings. The average Bonchev–Trinajstić information content (AvgIpc) is 2.70. The highest BCUT2D eigenvalue weighted by Gasteiger charge is 2.09. The van der Waals surface area contributed by atoms with Gasteiger partial charge in [0.2, 0.25) is 0 Å². The lowest BCUT2D eigenvalue weighted by atomic mass is 10.0.